The van der Waals surface area contributed by atoms with E-state index in [1.165, 1.54) is 6.07 Å². The molecule has 2 rings (SSSR count). The number of hydrogen-bond donors (Lipinski definition) is 2. The second-order valence-corrected chi connectivity index (χ2v) is 5.28. The van der Waals surface area contributed by atoms with Crippen LogP contribution >= 0.6 is 0 Å². The molecule has 0 saturated carbocycles. The molecule has 122 valence electrons. The van der Waals surface area contributed by atoms with Gasteiger partial charge < -0.3 is 10.4 Å². The van der Waals surface area contributed by atoms with Crippen LogP contribution in [0.25, 0.3) is 11.3 Å². The van der Waals surface area contributed by atoms with Crippen LogP contribution in [0, 0.1) is 0 Å². The first kappa shape index (κ1) is 16.9. The van der Waals surface area contributed by atoms with Gasteiger partial charge in [-0.25, -0.2) is 4.68 Å². The summed E-state index contributed by atoms with van der Waals surface area (Å²) in [5.41, 5.74) is 1.19. The molecule has 0 radical (unpaired) electrons. The van der Waals surface area contributed by atoms with E-state index < -0.39 is 6.10 Å². The van der Waals surface area contributed by atoms with E-state index in [1.54, 1.807) is 6.07 Å². The Balaban J connectivity index is 2.02. The molecule has 0 aliphatic carbocycles. The van der Waals surface area contributed by atoms with E-state index >= 15 is 0 Å². The van der Waals surface area contributed by atoms with Crippen LogP contribution < -0.4 is 10.9 Å². The molecule has 1 aromatic heterocycles. The van der Waals surface area contributed by atoms with Gasteiger partial charge in [0.2, 0.25) is 5.91 Å². The maximum atomic E-state index is 11.9. The number of carbonyl (C=O) groups is 1. The number of nitrogens with zero attached hydrogens (tertiary/aromatic N) is 2. The Morgan fingerprint density at radius 1 is 1.26 bits per heavy atom. The second-order valence-electron chi connectivity index (χ2n) is 5.28. The first-order valence-corrected chi connectivity index (χ1v) is 7.68. The molecule has 0 aliphatic heterocycles. The lowest BCUT2D eigenvalue weighted by Crippen LogP contribution is -2.34. The van der Waals surface area contributed by atoms with Gasteiger partial charge in [-0.15, -0.1) is 0 Å². The van der Waals surface area contributed by atoms with Gasteiger partial charge in [-0.2, -0.15) is 5.10 Å². The zero-order valence-corrected chi connectivity index (χ0v) is 13.1. The standard InChI is InChI=1S/C17H21N3O3/c1-2-14(21)10-11-18-16(22)12-20-17(23)9-8-15(19-20)13-6-4-3-5-7-13/h3-9,14,21H,2,10-12H2,1H3,(H,18,22). The quantitative estimate of drug-likeness (QED) is 0.804. The lowest BCUT2D eigenvalue weighted by molar-refractivity contribution is -0.122. The van der Waals surface area contributed by atoms with Crippen LogP contribution in [-0.4, -0.2) is 33.4 Å². The van der Waals surface area contributed by atoms with E-state index in [0.717, 1.165) is 10.2 Å². The van der Waals surface area contributed by atoms with Crippen molar-refractivity contribution in [3.05, 3.63) is 52.8 Å². The van der Waals surface area contributed by atoms with Crippen molar-refractivity contribution in [3.63, 3.8) is 0 Å². The smallest absolute Gasteiger partial charge is 0.267 e. The van der Waals surface area contributed by atoms with Gasteiger partial charge in [0, 0.05) is 18.2 Å². The summed E-state index contributed by atoms with van der Waals surface area (Å²) in [6.07, 6.45) is 0.725. The number of rotatable bonds is 7. The third kappa shape index (κ3) is 5.03. The van der Waals surface area contributed by atoms with Crippen molar-refractivity contribution in [3.8, 4) is 11.3 Å². The van der Waals surface area contributed by atoms with E-state index in [1.807, 2.05) is 37.3 Å². The number of aliphatic hydroxyl groups excluding tert-OH is 1. The van der Waals surface area contributed by atoms with Gasteiger partial charge in [-0.05, 0) is 18.9 Å². The molecule has 0 fully saturated rings. The van der Waals surface area contributed by atoms with Crippen molar-refractivity contribution in [1.29, 1.82) is 0 Å². The fourth-order valence-corrected chi connectivity index (χ4v) is 2.10. The van der Waals surface area contributed by atoms with Gasteiger partial charge in [0.25, 0.3) is 5.56 Å². The normalized spacial score (nSPS) is 11.9. The minimum atomic E-state index is -0.419. The van der Waals surface area contributed by atoms with Crippen molar-refractivity contribution < 1.29 is 9.90 Å². The first-order valence-electron chi connectivity index (χ1n) is 7.68. The second kappa shape index (κ2) is 8.24. The van der Waals surface area contributed by atoms with Gasteiger partial charge in [0.1, 0.15) is 6.54 Å². The number of aliphatic hydroxyl groups is 1. The number of carbonyl (C=O) groups excluding carboxylic acids is 1. The molecule has 6 heteroatoms. The van der Waals surface area contributed by atoms with E-state index in [4.69, 9.17) is 0 Å². The van der Waals surface area contributed by atoms with Gasteiger partial charge in [0.15, 0.2) is 0 Å². The SMILES string of the molecule is CCC(O)CCNC(=O)Cn1nc(-c2ccccc2)ccc1=O. The van der Waals surface area contributed by atoms with Crippen LogP contribution in [0.4, 0.5) is 0 Å². The molecular weight excluding hydrogens is 294 g/mol. The minimum absolute atomic E-state index is 0.137. The van der Waals surface area contributed by atoms with E-state index in [9.17, 15) is 14.7 Å². The highest BCUT2D eigenvalue weighted by molar-refractivity contribution is 5.75. The zero-order chi connectivity index (χ0) is 16.7. The molecule has 2 aromatic rings. The fourth-order valence-electron chi connectivity index (χ4n) is 2.10. The summed E-state index contributed by atoms with van der Waals surface area (Å²) in [6.45, 7) is 2.12. The van der Waals surface area contributed by atoms with Crippen LogP contribution in [0.1, 0.15) is 19.8 Å². The lowest BCUT2D eigenvalue weighted by Gasteiger charge is -2.10. The van der Waals surface area contributed by atoms with Crippen LogP contribution in [0.5, 0.6) is 0 Å². The molecule has 1 amide bonds. The Hall–Kier alpha value is -2.47. The molecule has 0 saturated heterocycles. The van der Waals surface area contributed by atoms with Gasteiger partial charge in [-0.3, -0.25) is 9.59 Å². The highest BCUT2D eigenvalue weighted by Crippen LogP contribution is 2.13. The Bertz CT molecular complexity index is 698. The summed E-state index contributed by atoms with van der Waals surface area (Å²) >= 11 is 0. The zero-order valence-electron chi connectivity index (χ0n) is 13.1. The molecule has 2 N–H and O–H groups in total. The fraction of sp³-hybridized carbons (Fsp3) is 0.353. The van der Waals surface area contributed by atoms with Crippen LogP contribution in [-0.2, 0) is 11.3 Å². The van der Waals surface area contributed by atoms with Gasteiger partial charge in [-0.1, -0.05) is 37.3 Å². The molecule has 6 nitrogen and oxygen atoms in total. The predicted octanol–water partition coefficient (Wildman–Crippen LogP) is 1.19. The topological polar surface area (TPSA) is 84.2 Å². The Labute approximate surface area is 134 Å². The highest BCUT2D eigenvalue weighted by Gasteiger charge is 2.08. The van der Waals surface area contributed by atoms with E-state index in [-0.39, 0.29) is 18.0 Å². The summed E-state index contributed by atoms with van der Waals surface area (Å²) in [5.74, 6) is -0.298. The molecule has 1 aromatic carbocycles. The average molecular weight is 315 g/mol. The summed E-state index contributed by atoms with van der Waals surface area (Å²) < 4.78 is 1.15. The molecule has 1 heterocycles. The van der Waals surface area contributed by atoms with Gasteiger partial charge in [0.05, 0.1) is 11.8 Å². The minimum Gasteiger partial charge on any atom is -0.393 e. The number of hydrogen-bond acceptors (Lipinski definition) is 4. The third-order valence-corrected chi connectivity index (χ3v) is 3.50. The number of nitrogens with one attached hydrogen (secondary N) is 1. The Morgan fingerprint density at radius 3 is 2.70 bits per heavy atom. The summed E-state index contributed by atoms with van der Waals surface area (Å²) in [7, 11) is 0. The number of aromatic nitrogens is 2. The van der Waals surface area contributed by atoms with Crippen LogP contribution in [0.2, 0.25) is 0 Å². The summed E-state index contributed by atoms with van der Waals surface area (Å²) in [5, 5.41) is 16.4. The number of amides is 1. The molecule has 23 heavy (non-hydrogen) atoms. The van der Waals surface area contributed by atoms with Crippen LogP contribution in [0.15, 0.2) is 47.3 Å². The molecular formula is C17H21N3O3. The highest BCUT2D eigenvalue weighted by atomic mass is 16.3. The summed E-state index contributed by atoms with van der Waals surface area (Å²) in [6, 6.07) is 12.5. The lowest BCUT2D eigenvalue weighted by atomic mass is 10.1. The van der Waals surface area contributed by atoms with Crippen molar-refractivity contribution in [2.45, 2.75) is 32.4 Å². The molecule has 0 aliphatic rings. The van der Waals surface area contributed by atoms with E-state index in [0.29, 0.717) is 25.1 Å². The van der Waals surface area contributed by atoms with Crippen LogP contribution in [0.3, 0.4) is 0 Å². The maximum Gasteiger partial charge on any atom is 0.267 e. The van der Waals surface area contributed by atoms with Crippen molar-refractivity contribution >= 4 is 5.91 Å². The monoisotopic (exact) mass is 315 g/mol. The summed E-state index contributed by atoms with van der Waals surface area (Å²) in [4.78, 5) is 23.7. The first-order chi connectivity index (χ1) is 11.1. The third-order valence-electron chi connectivity index (χ3n) is 3.50. The molecule has 0 spiro atoms. The molecule has 1 unspecified atom stereocenters. The Morgan fingerprint density at radius 2 is 2.00 bits per heavy atom. The van der Waals surface area contributed by atoms with Crippen molar-refractivity contribution in [2.75, 3.05) is 6.54 Å². The van der Waals surface area contributed by atoms with Crippen molar-refractivity contribution in [1.82, 2.24) is 15.1 Å². The molecule has 0 bridgehead atoms. The Kier molecular flexibility index (Phi) is 6.05. The number of benzene rings is 1. The predicted molar refractivity (Wildman–Crippen MR) is 87.9 cm³/mol. The van der Waals surface area contributed by atoms with Gasteiger partial charge >= 0.3 is 0 Å². The van der Waals surface area contributed by atoms with Crippen molar-refractivity contribution in [2.24, 2.45) is 0 Å². The maximum absolute atomic E-state index is 11.9. The molecule has 1 atom stereocenters. The van der Waals surface area contributed by atoms with E-state index in [2.05, 4.69) is 10.4 Å². The average Bonchev–Trinajstić information content (AvgIpc) is 2.57. The largest absolute Gasteiger partial charge is 0.393 e.